The normalized spacial score (nSPS) is 10.3. The van der Waals surface area contributed by atoms with Crippen molar-refractivity contribution in [3.05, 3.63) is 59.4 Å². The highest BCUT2D eigenvalue weighted by atomic mass is 16.3. The van der Waals surface area contributed by atoms with Crippen molar-refractivity contribution in [1.29, 1.82) is 0 Å². The molecule has 5 nitrogen and oxygen atoms in total. The molecule has 0 aliphatic heterocycles. The molecule has 21 heavy (non-hydrogen) atoms. The van der Waals surface area contributed by atoms with Crippen molar-refractivity contribution in [2.45, 2.75) is 20.0 Å². The summed E-state index contributed by atoms with van der Waals surface area (Å²) in [7, 11) is 0. The zero-order valence-corrected chi connectivity index (χ0v) is 12.0. The molecule has 3 N–H and O–H groups in total. The highest BCUT2D eigenvalue weighted by Crippen LogP contribution is 2.13. The molecule has 5 heteroatoms. The first kappa shape index (κ1) is 15.0. The van der Waals surface area contributed by atoms with E-state index in [1.165, 1.54) is 0 Å². The Labute approximate surface area is 124 Å². The molecule has 0 atom stereocenters. The molecule has 110 valence electrons. The van der Waals surface area contributed by atoms with Crippen LogP contribution >= 0.6 is 0 Å². The molecule has 0 aliphatic rings. The maximum absolute atomic E-state index is 11.7. The fourth-order valence-corrected chi connectivity index (χ4v) is 1.89. The molecular weight excluding hydrogens is 266 g/mol. The largest absolute Gasteiger partial charge is 0.506 e. The van der Waals surface area contributed by atoms with Crippen molar-refractivity contribution in [3.63, 3.8) is 0 Å². The number of hydrogen-bond acceptors (Lipinski definition) is 4. The molecule has 1 amide bonds. The quantitative estimate of drug-likeness (QED) is 0.752. The molecule has 1 aromatic carbocycles. The summed E-state index contributed by atoms with van der Waals surface area (Å²) in [5.41, 5.74) is 2.44. The number of pyridine rings is 1. The summed E-state index contributed by atoms with van der Waals surface area (Å²) >= 11 is 0. The van der Waals surface area contributed by atoms with Crippen molar-refractivity contribution in [2.24, 2.45) is 0 Å². The number of hydrogen-bond donors (Lipinski definition) is 3. The smallest absolute Gasteiger partial charge is 0.234 e. The molecule has 1 heterocycles. The van der Waals surface area contributed by atoms with Gasteiger partial charge in [0.2, 0.25) is 5.91 Å². The van der Waals surface area contributed by atoms with Crippen molar-refractivity contribution < 1.29 is 9.90 Å². The highest BCUT2D eigenvalue weighted by Gasteiger charge is 2.05. The number of aromatic hydroxyl groups is 1. The highest BCUT2D eigenvalue weighted by molar-refractivity contribution is 5.77. The Bertz CT molecular complexity index is 600. The average Bonchev–Trinajstić information content (AvgIpc) is 2.50. The predicted molar refractivity (Wildman–Crippen MR) is 80.6 cm³/mol. The number of rotatable bonds is 6. The van der Waals surface area contributed by atoms with Gasteiger partial charge < -0.3 is 15.7 Å². The van der Waals surface area contributed by atoms with Crippen LogP contribution in [0.5, 0.6) is 5.75 Å². The van der Waals surface area contributed by atoms with E-state index in [1.54, 1.807) is 12.1 Å². The Kier molecular flexibility index (Phi) is 5.29. The van der Waals surface area contributed by atoms with Crippen LogP contribution in [-0.4, -0.2) is 22.5 Å². The molecule has 0 saturated heterocycles. The van der Waals surface area contributed by atoms with E-state index in [4.69, 9.17) is 0 Å². The van der Waals surface area contributed by atoms with Gasteiger partial charge in [-0.1, -0.05) is 30.3 Å². The minimum absolute atomic E-state index is 0.0917. The average molecular weight is 285 g/mol. The molecule has 2 rings (SSSR count). The lowest BCUT2D eigenvalue weighted by Gasteiger charge is -2.08. The summed E-state index contributed by atoms with van der Waals surface area (Å²) in [6.07, 6.45) is 0. The molecule has 0 bridgehead atoms. The summed E-state index contributed by atoms with van der Waals surface area (Å²) in [5, 5.41) is 15.4. The zero-order valence-electron chi connectivity index (χ0n) is 12.0. The van der Waals surface area contributed by atoms with Gasteiger partial charge in [0.1, 0.15) is 5.75 Å². The molecule has 1 aromatic heterocycles. The number of nitrogens with one attached hydrogen (secondary N) is 2. The van der Waals surface area contributed by atoms with Gasteiger partial charge in [-0.3, -0.25) is 9.78 Å². The molecule has 0 unspecified atom stereocenters. The van der Waals surface area contributed by atoms with E-state index in [2.05, 4.69) is 15.6 Å². The number of aromatic nitrogens is 1. The zero-order chi connectivity index (χ0) is 15.1. The van der Waals surface area contributed by atoms with Gasteiger partial charge in [-0.15, -0.1) is 0 Å². The SMILES string of the molecule is Cc1ccc(O)c(CNCC(=O)NCc2ccccc2)n1. The number of amides is 1. The van der Waals surface area contributed by atoms with Gasteiger partial charge in [0.05, 0.1) is 12.2 Å². The predicted octanol–water partition coefficient (Wildman–Crippen LogP) is 1.50. The fraction of sp³-hybridized carbons (Fsp3) is 0.250. The topological polar surface area (TPSA) is 74.2 Å². The molecule has 0 spiro atoms. The Morgan fingerprint density at radius 2 is 1.90 bits per heavy atom. The third-order valence-electron chi connectivity index (χ3n) is 3.00. The summed E-state index contributed by atoms with van der Waals surface area (Å²) in [6, 6.07) is 13.1. The number of benzene rings is 1. The van der Waals surface area contributed by atoms with Gasteiger partial charge in [0, 0.05) is 18.8 Å². The first-order valence-electron chi connectivity index (χ1n) is 6.82. The van der Waals surface area contributed by atoms with E-state index in [-0.39, 0.29) is 18.2 Å². The minimum atomic E-state index is -0.0917. The third kappa shape index (κ3) is 4.89. The number of carbonyl (C=O) groups is 1. The molecule has 0 fully saturated rings. The van der Waals surface area contributed by atoms with Crippen LogP contribution in [0.25, 0.3) is 0 Å². The molecule has 0 radical (unpaired) electrons. The molecule has 2 aromatic rings. The number of nitrogens with zero attached hydrogens (tertiary/aromatic N) is 1. The Balaban J connectivity index is 1.73. The first-order valence-corrected chi connectivity index (χ1v) is 6.82. The van der Waals surface area contributed by atoms with Gasteiger partial charge in [0.15, 0.2) is 0 Å². The Morgan fingerprint density at radius 3 is 2.67 bits per heavy atom. The lowest BCUT2D eigenvalue weighted by Crippen LogP contribution is -2.33. The lowest BCUT2D eigenvalue weighted by atomic mass is 10.2. The Hall–Kier alpha value is -2.40. The maximum Gasteiger partial charge on any atom is 0.234 e. The van der Waals surface area contributed by atoms with Crippen LogP contribution in [0, 0.1) is 6.92 Å². The third-order valence-corrected chi connectivity index (χ3v) is 3.00. The second-order valence-corrected chi connectivity index (χ2v) is 4.78. The van der Waals surface area contributed by atoms with Crippen molar-refractivity contribution in [1.82, 2.24) is 15.6 Å². The van der Waals surface area contributed by atoms with Crippen molar-refractivity contribution in [3.8, 4) is 5.75 Å². The Morgan fingerprint density at radius 1 is 1.14 bits per heavy atom. The second-order valence-electron chi connectivity index (χ2n) is 4.78. The van der Waals surface area contributed by atoms with Crippen LogP contribution in [0.15, 0.2) is 42.5 Å². The summed E-state index contributed by atoms with van der Waals surface area (Å²) in [6.45, 7) is 2.90. The first-order chi connectivity index (χ1) is 10.1. The van der Waals surface area contributed by atoms with E-state index in [9.17, 15) is 9.90 Å². The van der Waals surface area contributed by atoms with E-state index in [0.717, 1.165) is 11.3 Å². The standard InChI is InChI=1S/C16H19N3O2/c1-12-7-8-15(20)14(19-12)10-17-11-16(21)18-9-13-5-3-2-4-6-13/h2-8,17,20H,9-11H2,1H3,(H,18,21). The van der Waals surface area contributed by atoms with Crippen LogP contribution in [0.3, 0.4) is 0 Å². The van der Waals surface area contributed by atoms with Gasteiger partial charge >= 0.3 is 0 Å². The van der Waals surface area contributed by atoms with Gasteiger partial charge in [-0.05, 0) is 24.6 Å². The fourth-order valence-electron chi connectivity index (χ4n) is 1.89. The van der Waals surface area contributed by atoms with Gasteiger partial charge in [-0.2, -0.15) is 0 Å². The van der Waals surface area contributed by atoms with E-state index < -0.39 is 0 Å². The molecular formula is C16H19N3O2. The van der Waals surface area contributed by atoms with Crippen LogP contribution in [0.1, 0.15) is 17.0 Å². The van der Waals surface area contributed by atoms with E-state index >= 15 is 0 Å². The van der Waals surface area contributed by atoms with Crippen LogP contribution in [0.4, 0.5) is 0 Å². The summed E-state index contributed by atoms with van der Waals surface area (Å²) in [4.78, 5) is 15.9. The number of aryl methyl sites for hydroxylation is 1. The van der Waals surface area contributed by atoms with E-state index in [0.29, 0.717) is 18.8 Å². The molecule has 0 saturated carbocycles. The van der Waals surface area contributed by atoms with Crippen molar-refractivity contribution in [2.75, 3.05) is 6.54 Å². The van der Waals surface area contributed by atoms with Crippen LogP contribution in [-0.2, 0) is 17.9 Å². The maximum atomic E-state index is 11.7. The number of carbonyl (C=O) groups excluding carboxylic acids is 1. The second kappa shape index (κ2) is 7.40. The van der Waals surface area contributed by atoms with Gasteiger partial charge in [-0.25, -0.2) is 0 Å². The van der Waals surface area contributed by atoms with Crippen LogP contribution < -0.4 is 10.6 Å². The van der Waals surface area contributed by atoms with E-state index in [1.807, 2.05) is 37.3 Å². The van der Waals surface area contributed by atoms with Crippen LogP contribution in [0.2, 0.25) is 0 Å². The monoisotopic (exact) mass is 285 g/mol. The van der Waals surface area contributed by atoms with Gasteiger partial charge in [0.25, 0.3) is 0 Å². The summed E-state index contributed by atoms with van der Waals surface area (Å²) in [5.74, 6) is 0.0452. The minimum Gasteiger partial charge on any atom is -0.506 e. The van der Waals surface area contributed by atoms with Crippen molar-refractivity contribution >= 4 is 5.91 Å². The summed E-state index contributed by atoms with van der Waals surface area (Å²) < 4.78 is 0. The molecule has 0 aliphatic carbocycles. The lowest BCUT2D eigenvalue weighted by molar-refractivity contribution is -0.120.